The van der Waals surface area contributed by atoms with Crippen LogP contribution in [0.25, 0.3) is 0 Å². The van der Waals surface area contributed by atoms with Gasteiger partial charge in [0.25, 0.3) is 0 Å². The maximum Gasteiger partial charge on any atom is 0.0795 e. The van der Waals surface area contributed by atoms with Gasteiger partial charge in [0.15, 0.2) is 0 Å². The highest BCUT2D eigenvalue weighted by Gasteiger charge is 2.13. The van der Waals surface area contributed by atoms with E-state index in [4.69, 9.17) is 0 Å². The van der Waals surface area contributed by atoms with Crippen LogP contribution in [0.5, 0.6) is 0 Å². The van der Waals surface area contributed by atoms with Crippen LogP contribution in [0.3, 0.4) is 0 Å². The van der Waals surface area contributed by atoms with Gasteiger partial charge in [-0.2, -0.15) is 0 Å². The van der Waals surface area contributed by atoms with Crippen molar-refractivity contribution < 1.29 is 0 Å². The van der Waals surface area contributed by atoms with Gasteiger partial charge in [-0.3, -0.25) is 0 Å². The monoisotopic (exact) mass is 310 g/mol. The Morgan fingerprint density at radius 3 is 2.65 bits per heavy atom. The first-order valence-electron chi connectivity index (χ1n) is 5.57. The zero-order chi connectivity index (χ0) is 12.3. The minimum Gasteiger partial charge on any atom is -0.302 e. The number of thiazole rings is 1. The quantitative estimate of drug-likeness (QED) is 0.909. The first-order valence-corrected chi connectivity index (χ1v) is 7.30. The van der Waals surface area contributed by atoms with Crippen LogP contribution in [0.1, 0.15) is 37.2 Å². The van der Waals surface area contributed by atoms with Crippen LogP contribution in [-0.2, 0) is 0 Å². The van der Waals surface area contributed by atoms with Gasteiger partial charge in [-0.25, -0.2) is 4.98 Å². The van der Waals surface area contributed by atoms with Crippen LogP contribution in [0.4, 0.5) is 0 Å². The Balaban J connectivity index is 2.07. The molecular weight excluding hydrogens is 296 g/mol. The molecule has 0 saturated carbocycles. The number of hydrogen-bond acceptors (Lipinski definition) is 3. The predicted molar refractivity (Wildman–Crippen MR) is 76.2 cm³/mol. The Morgan fingerprint density at radius 1 is 1.24 bits per heavy atom. The molecule has 2 atom stereocenters. The van der Waals surface area contributed by atoms with Crippen molar-refractivity contribution in [3.8, 4) is 0 Å². The van der Waals surface area contributed by atoms with Gasteiger partial charge in [0.05, 0.1) is 11.2 Å². The summed E-state index contributed by atoms with van der Waals surface area (Å²) in [5.41, 5.74) is 4.25. The Hall–Kier alpha value is -0.710. The molecule has 1 N–H and O–H groups in total. The summed E-state index contributed by atoms with van der Waals surface area (Å²) >= 11 is 5.22. The van der Waals surface area contributed by atoms with Gasteiger partial charge in [-0.1, -0.05) is 34.1 Å². The first kappa shape index (κ1) is 12.7. The fourth-order valence-electron chi connectivity index (χ4n) is 1.81. The SMILES string of the molecule is CC(NC(C)c1ccccc1Br)c1cscn1. The molecule has 0 aliphatic carbocycles. The standard InChI is InChI=1S/C13H15BrN2S/c1-9(11-5-3-4-6-12(11)14)16-10(2)13-7-17-8-15-13/h3-10,16H,1-2H3. The summed E-state index contributed by atoms with van der Waals surface area (Å²) in [4.78, 5) is 4.33. The van der Waals surface area contributed by atoms with E-state index in [0.717, 1.165) is 10.2 Å². The van der Waals surface area contributed by atoms with Crippen molar-refractivity contribution in [2.75, 3.05) is 0 Å². The molecule has 2 rings (SSSR count). The van der Waals surface area contributed by atoms with Gasteiger partial charge < -0.3 is 5.32 Å². The number of nitrogens with one attached hydrogen (secondary N) is 1. The first-order chi connectivity index (χ1) is 8.18. The lowest BCUT2D eigenvalue weighted by Crippen LogP contribution is -2.22. The van der Waals surface area contributed by atoms with Crippen molar-refractivity contribution in [1.29, 1.82) is 0 Å². The maximum atomic E-state index is 4.33. The minimum absolute atomic E-state index is 0.267. The highest BCUT2D eigenvalue weighted by Crippen LogP contribution is 2.25. The van der Waals surface area contributed by atoms with E-state index in [2.05, 4.69) is 63.7 Å². The Kier molecular flexibility index (Phi) is 4.31. The van der Waals surface area contributed by atoms with E-state index in [-0.39, 0.29) is 6.04 Å². The fraction of sp³-hybridized carbons (Fsp3) is 0.308. The van der Waals surface area contributed by atoms with E-state index in [1.165, 1.54) is 5.56 Å². The number of nitrogens with zero attached hydrogens (tertiary/aromatic N) is 1. The van der Waals surface area contributed by atoms with E-state index in [1.807, 2.05) is 11.6 Å². The van der Waals surface area contributed by atoms with Crippen LogP contribution in [0.2, 0.25) is 0 Å². The van der Waals surface area contributed by atoms with Crippen molar-refractivity contribution in [2.24, 2.45) is 0 Å². The summed E-state index contributed by atoms with van der Waals surface area (Å²) in [7, 11) is 0. The predicted octanol–water partition coefficient (Wildman–Crippen LogP) is 4.32. The summed E-state index contributed by atoms with van der Waals surface area (Å²) in [5.74, 6) is 0. The second kappa shape index (κ2) is 5.76. The third-order valence-corrected chi connectivity index (χ3v) is 4.09. The van der Waals surface area contributed by atoms with Crippen molar-refractivity contribution in [1.82, 2.24) is 10.3 Å². The molecule has 2 unspecified atom stereocenters. The van der Waals surface area contributed by atoms with Crippen molar-refractivity contribution in [3.05, 3.63) is 50.9 Å². The van der Waals surface area contributed by atoms with E-state index < -0.39 is 0 Å². The molecular formula is C13H15BrN2S. The van der Waals surface area contributed by atoms with Crippen LogP contribution < -0.4 is 5.32 Å². The van der Waals surface area contributed by atoms with Crippen LogP contribution >= 0.6 is 27.3 Å². The largest absolute Gasteiger partial charge is 0.302 e. The van der Waals surface area contributed by atoms with Gasteiger partial charge >= 0.3 is 0 Å². The molecule has 1 heterocycles. The molecule has 0 amide bonds. The number of hydrogen-bond donors (Lipinski definition) is 1. The molecule has 0 fully saturated rings. The molecule has 90 valence electrons. The van der Waals surface area contributed by atoms with Gasteiger partial charge in [0.2, 0.25) is 0 Å². The molecule has 17 heavy (non-hydrogen) atoms. The molecule has 0 bridgehead atoms. The Bertz CT molecular complexity index is 470. The van der Waals surface area contributed by atoms with E-state index in [1.54, 1.807) is 11.3 Å². The second-order valence-corrected chi connectivity index (χ2v) is 5.62. The second-order valence-electron chi connectivity index (χ2n) is 4.04. The van der Waals surface area contributed by atoms with E-state index in [0.29, 0.717) is 6.04 Å². The lowest BCUT2D eigenvalue weighted by atomic mass is 10.1. The summed E-state index contributed by atoms with van der Waals surface area (Å²) in [6.07, 6.45) is 0. The summed E-state index contributed by atoms with van der Waals surface area (Å²) in [6, 6.07) is 8.86. The maximum absolute atomic E-state index is 4.33. The Morgan fingerprint density at radius 2 is 2.00 bits per heavy atom. The summed E-state index contributed by atoms with van der Waals surface area (Å²) in [6.45, 7) is 4.31. The van der Waals surface area contributed by atoms with Crippen molar-refractivity contribution >= 4 is 27.3 Å². The zero-order valence-corrected chi connectivity index (χ0v) is 12.3. The number of rotatable bonds is 4. The molecule has 1 aromatic carbocycles. The molecule has 2 nitrogen and oxygen atoms in total. The molecule has 1 aromatic heterocycles. The molecule has 0 aliphatic heterocycles. The number of aromatic nitrogens is 1. The lowest BCUT2D eigenvalue weighted by molar-refractivity contribution is 0.487. The molecule has 2 aromatic rings. The highest BCUT2D eigenvalue weighted by molar-refractivity contribution is 9.10. The van der Waals surface area contributed by atoms with Gasteiger partial charge in [-0.05, 0) is 25.5 Å². The van der Waals surface area contributed by atoms with E-state index >= 15 is 0 Å². The molecule has 4 heteroatoms. The van der Waals surface area contributed by atoms with Gasteiger partial charge in [0, 0.05) is 21.9 Å². The normalized spacial score (nSPS) is 14.5. The highest BCUT2D eigenvalue weighted by atomic mass is 79.9. The fourth-order valence-corrected chi connectivity index (χ4v) is 3.09. The van der Waals surface area contributed by atoms with Crippen molar-refractivity contribution in [2.45, 2.75) is 25.9 Å². The van der Waals surface area contributed by atoms with Crippen LogP contribution in [0, 0.1) is 0 Å². The minimum atomic E-state index is 0.267. The van der Waals surface area contributed by atoms with Crippen LogP contribution in [-0.4, -0.2) is 4.98 Å². The molecule has 0 aliphatic rings. The van der Waals surface area contributed by atoms with Crippen LogP contribution in [0.15, 0.2) is 39.6 Å². The number of benzene rings is 1. The summed E-state index contributed by atoms with van der Waals surface area (Å²) in [5, 5.41) is 5.64. The van der Waals surface area contributed by atoms with Gasteiger partial charge in [0.1, 0.15) is 0 Å². The molecule has 0 radical (unpaired) electrons. The number of halogens is 1. The Labute approximate surface area is 114 Å². The molecule has 0 saturated heterocycles. The van der Waals surface area contributed by atoms with Gasteiger partial charge in [-0.15, -0.1) is 11.3 Å². The summed E-state index contributed by atoms with van der Waals surface area (Å²) < 4.78 is 1.14. The third kappa shape index (κ3) is 3.15. The third-order valence-electron chi connectivity index (χ3n) is 2.77. The van der Waals surface area contributed by atoms with E-state index in [9.17, 15) is 0 Å². The lowest BCUT2D eigenvalue weighted by Gasteiger charge is -2.20. The smallest absolute Gasteiger partial charge is 0.0795 e. The average Bonchev–Trinajstić information content (AvgIpc) is 2.82. The zero-order valence-electron chi connectivity index (χ0n) is 9.85. The average molecular weight is 311 g/mol. The topological polar surface area (TPSA) is 24.9 Å². The molecule has 0 spiro atoms. The van der Waals surface area contributed by atoms with Crippen molar-refractivity contribution in [3.63, 3.8) is 0 Å².